The van der Waals surface area contributed by atoms with E-state index in [1.807, 2.05) is 18.2 Å². The highest BCUT2D eigenvalue weighted by atomic mass is 16.5. The summed E-state index contributed by atoms with van der Waals surface area (Å²) in [5.41, 5.74) is 0.794. The lowest BCUT2D eigenvalue weighted by molar-refractivity contribution is -0.947. The van der Waals surface area contributed by atoms with Gasteiger partial charge in [0.25, 0.3) is 0 Å². The van der Waals surface area contributed by atoms with E-state index in [0.717, 1.165) is 5.56 Å². The van der Waals surface area contributed by atoms with Crippen molar-refractivity contribution in [1.29, 1.82) is 0 Å². The molecule has 0 amide bonds. The first-order chi connectivity index (χ1) is 13.1. The lowest BCUT2D eigenvalue weighted by Crippen LogP contribution is -2.61. The third kappa shape index (κ3) is 4.46. The van der Waals surface area contributed by atoms with Crippen molar-refractivity contribution >= 4 is 12.0 Å². The molecule has 2 saturated heterocycles. The van der Waals surface area contributed by atoms with Crippen LogP contribution in [0.15, 0.2) is 24.3 Å². The Morgan fingerprint density at radius 3 is 2.74 bits per heavy atom. The largest absolute Gasteiger partial charge is 0.493 e. The van der Waals surface area contributed by atoms with Crippen LogP contribution in [0.1, 0.15) is 37.7 Å². The molecule has 0 spiro atoms. The summed E-state index contributed by atoms with van der Waals surface area (Å²) in [7, 11) is 5.57. The number of rotatable bonds is 6. The van der Waals surface area contributed by atoms with E-state index < -0.39 is 0 Å². The zero-order valence-corrected chi connectivity index (χ0v) is 16.8. The van der Waals surface area contributed by atoms with Crippen LogP contribution in [0.4, 0.5) is 0 Å². The molecule has 0 aromatic heterocycles. The predicted octanol–water partition coefficient (Wildman–Crippen LogP) is 3.67. The number of fused-ring (bicyclic) bond motifs is 1. The maximum absolute atomic E-state index is 12.3. The molecule has 1 aromatic carbocycles. The third-order valence-corrected chi connectivity index (χ3v) is 6.28. The minimum atomic E-state index is -0.296. The number of hydrogen-bond acceptors (Lipinski definition) is 4. The Balaban J connectivity index is 1.59. The second-order valence-electron chi connectivity index (χ2n) is 7.94. The van der Waals surface area contributed by atoms with Gasteiger partial charge in [-0.3, -0.25) is 0 Å². The SMILES string of the molecule is COc1cccc(/C=C/C(=O)OC[C@@H]2CCC[N@@+]3(C)CCCC[C@H]23)c1OC. The lowest BCUT2D eigenvalue weighted by Gasteiger charge is -2.51. The zero-order valence-electron chi connectivity index (χ0n) is 16.8. The van der Waals surface area contributed by atoms with E-state index in [1.165, 1.54) is 55.8 Å². The Kier molecular flexibility index (Phi) is 6.42. The number of methoxy groups -OCH3 is 2. The molecule has 2 fully saturated rings. The van der Waals surface area contributed by atoms with Gasteiger partial charge in [0.2, 0.25) is 0 Å². The average molecular weight is 375 g/mol. The van der Waals surface area contributed by atoms with E-state index in [0.29, 0.717) is 30.1 Å². The number of carbonyl (C=O) groups excluding carboxylic acids is 1. The van der Waals surface area contributed by atoms with E-state index in [-0.39, 0.29) is 5.97 Å². The molecule has 148 valence electrons. The monoisotopic (exact) mass is 374 g/mol. The van der Waals surface area contributed by atoms with Crippen LogP contribution in [0, 0.1) is 5.92 Å². The van der Waals surface area contributed by atoms with Gasteiger partial charge in [-0.15, -0.1) is 0 Å². The number of hydrogen-bond donors (Lipinski definition) is 0. The number of quaternary nitrogens is 1. The molecular weight excluding hydrogens is 342 g/mol. The maximum Gasteiger partial charge on any atom is 0.330 e. The number of nitrogens with zero attached hydrogens (tertiary/aromatic N) is 1. The normalized spacial score (nSPS) is 27.8. The van der Waals surface area contributed by atoms with Crippen molar-refractivity contribution in [3.8, 4) is 11.5 Å². The highest BCUT2D eigenvalue weighted by Crippen LogP contribution is 2.36. The first kappa shape index (κ1) is 19.7. The summed E-state index contributed by atoms with van der Waals surface area (Å²) in [6.45, 7) is 3.06. The first-order valence-corrected chi connectivity index (χ1v) is 9.97. The van der Waals surface area contributed by atoms with E-state index in [2.05, 4.69) is 7.05 Å². The van der Waals surface area contributed by atoms with Crippen LogP contribution in [-0.2, 0) is 9.53 Å². The molecule has 0 aliphatic carbocycles. The van der Waals surface area contributed by atoms with Crippen molar-refractivity contribution in [2.45, 2.75) is 38.1 Å². The zero-order chi connectivity index (χ0) is 19.3. The van der Waals surface area contributed by atoms with Crippen LogP contribution in [0.2, 0.25) is 0 Å². The van der Waals surface area contributed by atoms with Gasteiger partial charge in [0, 0.05) is 24.0 Å². The van der Waals surface area contributed by atoms with Gasteiger partial charge in [-0.25, -0.2) is 4.79 Å². The molecule has 1 aromatic rings. The standard InChI is InChI=1S/C22H32NO4/c1-23-14-5-4-10-19(23)18(9-7-15-23)16-27-21(24)13-12-17-8-6-11-20(25-2)22(17)26-3/h6,8,11-13,18-19H,4-5,7,9-10,14-16H2,1-3H3/q+1/b13-12+/t18-,19+,23+/m0/s1. The minimum absolute atomic E-state index is 0.296. The van der Waals surface area contributed by atoms with Crippen molar-refractivity contribution in [3.05, 3.63) is 29.8 Å². The summed E-state index contributed by atoms with van der Waals surface area (Å²) in [4.78, 5) is 12.3. The van der Waals surface area contributed by atoms with Crippen LogP contribution < -0.4 is 9.47 Å². The van der Waals surface area contributed by atoms with Gasteiger partial charge in [0.15, 0.2) is 11.5 Å². The van der Waals surface area contributed by atoms with Crippen molar-refractivity contribution in [3.63, 3.8) is 0 Å². The molecule has 2 heterocycles. The fourth-order valence-corrected chi connectivity index (χ4v) is 4.87. The number of piperidine rings is 2. The summed E-state index contributed by atoms with van der Waals surface area (Å²) in [5, 5.41) is 0. The molecule has 0 N–H and O–H groups in total. The number of para-hydroxylation sites is 1. The van der Waals surface area contributed by atoms with Crippen LogP contribution >= 0.6 is 0 Å². The van der Waals surface area contributed by atoms with Crippen molar-refractivity contribution < 1.29 is 23.5 Å². The Morgan fingerprint density at radius 1 is 1.15 bits per heavy atom. The molecular formula is C22H32NO4+. The van der Waals surface area contributed by atoms with Crippen molar-refractivity contribution in [2.24, 2.45) is 5.92 Å². The van der Waals surface area contributed by atoms with Gasteiger partial charge >= 0.3 is 5.97 Å². The summed E-state index contributed by atoms with van der Waals surface area (Å²) >= 11 is 0. The Morgan fingerprint density at radius 2 is 1.96 bits per heavy atom. The van der Waals surface area contributed by atoms with Crippen LogP contribution in [0.25, 0.3) is 6.08 Å². The summed E-state index contributed by atoms with van der Waals surface area (Å²) < 4.78 is 17.5. The second kappa shape index (κ2) is 8.79. The molecule has 2 aliphatic heterocycles. The summed E-state index contributed by atoms with van der Waals surface area (Å²) in [5.74, 6) is 1.44. The van der Waals surface area contributed by atoms with Gasteiger partial charge in [-0.1, -0.05) is 12.1 Å². The molecule has 0 radical (unpaired) electrons. The lowest BCUT2D eigenvalue weighted by atomic mass is 9.82. The highest BCUT2D eigenvalue weighted by molar-refractivity contribution is 5.87. The van der Waals surface area contributed by atoms with Crippen LogP contribution in [0.3, 0.4) is 0 Å². The highest BCUT2D eigenvalue weighted by Gasteiger charge is 2.43. The Hall–Kier alpha value is -2.01. The number of esters is 1. The molecule has 0 saturated carbocycles. The first-order valence-electron chi connectivity index (χ1n) is 9.97. The molecule has 2 aliphatic rings. The molecule has 5 heteroatoms. The molecule has 3 rings (SSSR count). The van der Waals surface area contributed by atoms with Gasteiger partial charge < -0.3 is 18.7 Å². The molecule has 27 heavy (non-hydrogen) atoms. The summed E-state index contributed by atoms with van der Waals surface area (Å²) in [6, 6.07) is 6.23. The summed E-state index contributed by atoms with van der Waals surface area (Å²) in [6.07, 6.45) is 9.49. The van der Waals surface area contributed by atoms with E-state index in [4.69, 9.17) is 14.2 Å². The smallest absolute Gasteiger partial charge is 0.330 e. The van der Waals surface area contributed by atoms with Gasteiger partial charge in [-0.2, -0.15) is 0 Å². The predicted molar refractivity (Wildman–Crippen MR) is 106 cm³/mol. The van der Waals surface area contributed by atoms with Gasteiger partial charge in [0.1, 0.15) is 6.61 Å². The fraction of sp³-hybridized carbons (Fsp3) is 0.591. The van der Waals surface area contributed by atoms with Crippen molar-refractivity contribution in [1.82, 2.24) is 0 Å². The maximum atomic E-state index is 12.3. The molecule has 0 bridgehead atoms. The van der Waals surface area contributed by atoms with E-state index in [9.17, 15) is 4.79 Å². The molecule has 0 unspecified atom stereocenters. The molecule has 5 nitrogen and oxygen atoms in total. The van der Waals surface area contributed by atoms with E-state index in [1.54, 1.807) is 20.3 Å². The number of carbonyl (C=O) groups is 1. The Bertz CT molecular complexity index is 683. The number of benzene rings is 1. The fourth-order valence-electron chi connectivity index (χ4n) is 4.87. The number of ether oxygens (including phenoxy) is 3. The second-order valence-corrected chi connectivity index (χ2v) is 7.94. The minimum Gasteiger partial charge on any atom is -0.493 e. The quantitative estimate of drug-likeness (QED) is 0.433. The van der Waals surface area contributed by atoms with E-state index >= 15 is 0 Å². The van der Waals surface area contributed by atoms with Gasteiger partial charge in [-0.05, 0) is 37.8 Å². The molecule has 3 atom stereocenters. The topological polar surface area (TPSA) is 44.8 Å². The Labute approximate surface area is 162 Å². The average Bonchev–Trinajstić information content (AvgIpc) is 2.69. The van der Waals surface area contributed by atoms with Crippen LogP contribution in [0.5, 0.6) is 11.5 Å². The van der Waals surface area contributed by atoms with Crippen LogP contribution in [-0.4, -0.2) is 57.5 Å². The third-order valence-electron chi connectivity index (χ3n) is 6.28. The van der Waals surface area contributed by atoms with Gasteiger partial charge in [0.05, 0.1) is 40.4 Å². The van der Waals surface area contributed by atoms with Crippen molar-refractivity contribution in [2.75, 3.05) is 41.0 Å².